The van der Waals surface area contributed by atoms with Gasteiger partial charge in [-0.3, -0.25) is 4.79 Å². The Bertz CT molecular complexity index is 659. The van der Waals surface area contributed by atoms with Crippen molar-refractivity contribution in [2.24, 2.45) is 23.5 Å². The minimum Gasteiger partial charge on any atom is -0.461 e. The first-order chi connectivity index (χ1) is 11.3. The number of carbonyl (C=O) groups excluding carboxylic acids is 1. The zero-order chi connectivity index (χ0) is 17.1. The van der Waals surface area contributed by atoms with Gasteiger partial charge in [0.05, 0.1) is 23.0 Å². The number of primary amides is 1. The molecular formula is C18H25N3O3. The summed E-state index contributed by atoms with van der Waals surface area (Å²) in [7, 11) is 0. The molecule has 0 saturated heterocycles. The van der Waals surface area contributed by atoms with E-state index in [-0.39, 0.29) is 12.0 Å². The summed E-state index contributed by atoms with van der Waals surface area (Å²) in [5.74, 6) is 1.01. The number of aromatic nitrogens is 2. The summed E-state index contributed by atoms with van der Waals surface area (Å²) < 4.78 is 5.63. The Morgan fingerprint density at radius 2 is 2.00 bits per heavy atom. The number of carbonyl (C=O) groups is 1. The Balaban J connectivity index is 1.73. The fraction of sp³-hybridized carbons (Fsp3) is 0.722. The van der Waals surface area contributed by atoms with E-state index in [0.29, 0.717) is 29.3 Å². The quantitative estimate of drug-likeness (QED) is 0.879. The summed E-state index contributed by atoms with van der Waals surface area (Å²) >= 11 is 0. The molecule has 24 heavy (non-hydrogen) atoms. The zero-order valence-corrected chi connectivity index (χ0v) is 14.2. The van der Waals surface area contributed by atoms with Gasteiger partial charge in [-0.1, -0.05) is 0 Å². The zero-order valence-electron chi connectivity index (χ0n) is 14.2. The van der Waals surface area contributed by atoms with Gasteiger partial charge >= 0.3 is 6.01 Å². The minimum absolute atomic E-state index is 0.0310. The molecule has 2 unspecified atom stereocenters. The lowest BCUT2D eigenvalue weighted by Gasteiger charge is -2.58. The lowest BCUT2D eigenvalue weighted by molar-refractivity contribution is -0.135. The fourth-order valence-corrected chi connectivity index (χ4v) is 5.52. The van der Waals surface area contributed by atoms with Crippen molar-refractivity contribution in [2.75, 3.05) is 0 Å². The van der Waals surface area contributed by atoms with E-state index in [4.69, 9.17) is 10.5 Å². The smallest absolute Gasteiger partial charge is 0.316 e. The van der Waals surface area contributed by atoms with Gasteiger partial charge in [0, 0.05) is 12.1 Å². The van der Waals surface area contributed by atoms with Gasteiger partial charge in [-0.25, -0.2) is 4.98 Å². The Hall–Kier alpha value is -1.69. The lowest BCUT2D eigenvalue weighted by atomic mass is 9.49. The topological polar surface area (TPSA) is 98.3 Å². The highest BCUT2D eigenvalue weighted by Crippen LogP contribution is 2.61. The fourth-order valence-electron chi connectivity index (χ4n) is 5.52. The van der Waals surface area contributed by atoms with Crippen LogP contribution in [-0.2, 0) is 0 Å². The van der Waals surface area contributed by atoms with E-state index in [0.717, 1.165) is 37.8 Å². The van der Waals surface area contributed by atoms with E-state index in [9.17, 15) is 9.90 Å². The van der Waals surface area contributed by atoms with Crippen LogP contribution in [0.15, 0.2) is 6.20 Å². The van der Waals surface area contributed by atoms with Gasteiger partial charge < -0.3 is 15.6 Å². The molecule has 1 heterocycles. The van der Waals surface area contributed by atoms with Crippen LogP contribution in [0.25, 0.3) is 0 Å². The first kappa shape index (κ1) is 15.8. The average Bonchev–Trinajstić information content (AvgIpc) is 2.44. The Morgan fingerprint density at radius 3 is 2.54 bits per heavy atom. The molecule has 0 spiro atoms. The molecule has 3 N–H and O–H groups in total. The van der Waals surface area contributed by atoms with E-state index in [1.165, 1.54) is 6.20 Å². The maximum atomic E-state index is 11.9. The van der Waals surface area contributed by atoms with E-state index < -0.39 is 11.5 Å². The number of aliphatic hydroxyl groups is 1. The third kappa shape index (κ3) is 2.57. The highest BCUT2D eigenvalue weighted by Gasteiger charge is 2.55. The van der Waals surface area contributed by atoms with Gasteiger partial charge in [0.25, 0.3) is 5.91 Å². The van der Waals surface area contributed by atoms with Crippen molar-refractivity contribution in [3.8, 4) is 6.01 Å². The number of nitrogens with two attached hydrogens (primary N) is 1. The molecule has 4 saturated carbocycles. The molecule has 0 radical (unpaired) electrons. The van der Waals surface area contributed by atoms with Crippen molar-refractivity contribution in [1.29, 1.82) is 0 Å². The van der Waals surface area contributed by atoms with Crippen LogP contribution in [0.2, 0.25) is 0 Å². The predicted octanol–water partition coefficient (Wildman–Crippen LogP) is 2.02. The van der Waals surface area contributed by atoms with Crippen LogP contribution in [0.5, 0.6) is 6.01 Å². The highest BCUT2D eigenvalue weighted by atomic mass is 16.5. The number of amides is 1. The summed E-state index contributed by atoms with van der Waals surface area (Å²) in [5.41, 5.74) is 6.19. The number of hydrogen-bond donors (Lipinski definition) is 2. The number of rotatable bonds is 4. The summed E-state index contributed by atoms with van der Waals surface area (Å²) in [6.07, 6.45) is 6.21. The monoisotopic (exact) mass is 331 g/mol. The van der Waals surface area contributed by atoms with E-state index in [2.05, 4.69) is 9.97 Å². The second-order valence-corrected chi connectivity index (χ2v) is 8.20. The van der Waals surface area contributed by atoms with Crippen LogP contribution in [-0.4, -0.2) is 32.7 Å². The van der Waals surface area contributed by atoms with Crippen LogP contribution >= 0.6 is 0 Å². The second kappa shape index (κ2) is 5.41. The van der Waals surface area contributed by atoms with Gasteiger partial charge in [-0.2, -0.15) is 4.98 Å². The third-order valence-corrected chi connectivity index (χ3v) is 5.96. The first-order valence-corrected chi connectivity index (χ1v) is 8.90. The third-order valence-electron chi connectivity index (χ3n) is 5.96. The number of ether oxygens (including phenoxy) is 1. The van der Waals surface area contributed by atoms with Crippen LogP contribution in [0, 0.1) is 17.8 Å². The van der Waals surface area contributed by atoms with Crippen molar-refractivity contribution in [2.45, 2.75) is 63.6 Å². The lowest BCUT2D eigenvalue weighted by Crippen LogP contribution is -2.54. The van der Waals surface area contributed by atoms with Gasteiger partial charge in [0.15, 0.2) is 0 Å². The maximum Gasteiger partial charge on any atom is 0.316 e. The van der Waals surface area contributed by atoms with Crippen LogP contribution in [0.1, 0.15) is 67.9 Å². The molecule has 0 aliphatic heterocycles. The van der Waals surface area contributed by atoms with Crippen molar-refractivity contribution < 1.29 is 14.6 Å². The summed E-state index contributed by atoms with van der Waals surface area (Å²) in [4.78, 5) is 20.6. The van der Waals surface area contributed by atoms with E-state index in [1.54, 1.807) is 0 Å². The number of nitrogens with zero attached hydrogens (tertiary/aromatic N) is 2. The largest absolute Gasteiger partial charge is 0.461 e. The summed E-state index contributed by atoms with van der Waals surface area (Å²) in [6, 6.07) is 0.303. The Labute approximate surface area is 141 Å². The van der Waals surface area contributed by atoms with E-state index in [1.807, 2.05) is 13.8 Å². The maximum absolute atomic E-state index is 11.9. The van der Waals surface area contributed by atoms with Gasteiger partial charge in [-0.15, -0.1) is 0 Å². The highest BCUT2D eigenvalue weighted by molar-refractivity contribution is 5.93. The normalized spacial score (nSPS) is 37.0. The standard InChI is InChI=1S/C18H25N3O3/c1-9(2)24-17-20-8-13(16(19)22)15(21-17)14-11-3-10-4-12(14)7-18(23,5-10)6-11/h8-12,14,23H,3-7H2,1-2H3,(H2,19,22). The molecule has 5 rings (SSSR count). The molecule has 6 heteroatoms. The molecule has 4 fully saturated rings. The van der Waals surface area contributed by atoms with Crippen molar-refractivity contribution in [1.82, 2.24) is 9.97 Å². The van der Waals surface area contributed by atoms with Crippen molar-refractivity contribution in [3.05, 3.63) is 17.5 Å². The molecule has 4 aliphatic carbocycles. The molecule has 1 aromatic rings. The SMILES string of the molecule is CC(C)Oc1ncc(C(N)=O)c(C2C3CC4CC2CC(O)(C4)C3)n1. The van der Waals surface area contributed by atoms with Crippen LogP contribution in [0.4, 0.5) is 0 Å². The summed E-state index contributed by atoms with van der Waals surface area (Å²) in [6.45, 7) is 3.84. The molecule has 4 bridgehead atoms. The molecule has 130 valence electrons. The minimum atomic E-state index is -0.510. The Kier molecular flexibility index (Phi) is 3.56. The van der Waals surface area contributed by atoms with Gasteiger partial charge in [-0.05, 0) is 63.7 Å². The molecule has 0 aromatic carbocycles. The molecule has 4 aliphatic rings. The first-order valence-electron chi connectivity index (χ1n) is 8.90. The molecular weight excluding hydrogens is 306 g/mol. The predicted molar refractivity (Wildman–Crippen MR) is 87.6 cm³/mol. The Morgan fingerprint density at radius 1 is 1.33 bits per heavy atom. The number of hydrogen-bond acceptors (Lipinski definition) is 5. The van der Waals surface area contributed by atoms with Crippen molar-refractivity contribution >= 4 is 5.91 Å². The van der Waals surface area contributed by atoms with Gasteiger partial charge in [0.1, 0.15) is 0 Å². The molecule has 6 nitrogen and oxygen atoms in total. The van der Waals surface area contributed by atoms with Crippen LogP contribution in [0.3, 0.4) is 0 Å². The molecule has 1 amide bonds. The van der Waals surface area contributed by atoms with Crippen molar-refractivity contribution in [3.63, 3.8) is 0 Å². The summed E-state index contributed by atoms with van der Waals surface area (Å²) in [5, 5.41) is 10.8. The second-order valence-electron chi connectivity index (χ2n) is 8.20. The van der Waals surface area contributed by atoms with Gasteiger partial charge in [0.2, 0.25) is 0 Å². The average molecular weight is 331 g/mol. The van der Waals surface area contributed by atoms with E-state index >= 15 is 0 Å². The molecule has 1 aromatic heterocycles. The molecule has 2 atom stereocenters. The van der Waals surface area contributed by atoms with Crippen LogP contribution < -0.4 is 10.5 Å².